The van der Waals surface area contributed by atoms with Gasteiger partial charge >= 0.3 is 6.16 Å². The molecular weight excluding hydrogens is 328 g/mol. The summed E-state index contributed by atoms with van der Waals surface area (Å²) in [5, 5.41) is 4.23. The first-order valence-corrected chi connectivity index (χ1v) is 8.35. The van der Waals surface area contributed by atoms with E-state index in [1.807, 2.05) is 12.1 Å². The van der Waals surface area contributed by atoms with Crippen LogP contribution in [0.25, 0.3) is 5.52 Å². The van der Waals surface area contributed by atoms with Gasteiger partial charge in [-0.2, -0.15) is 5.10 Å². The molecule has 2 fully saturated rings. The van der Waals surface area contributed by atoms with Gasteiger partial charge in [-0.15, -0.1) is 0 Å². The van der Waals surface area contributed by atoms with Crippen LogP contribution in [0.1, 0.15) is 31.1 Å². The highest BCUT2D eigenvalue weighted by molar-refractivity contribution is 5.65. The Bertz CT molecular complexity index is 758. The third-order valence-electron chi connectivity index (χ3n) is 4.49. The molecule has 0 radical (unpaired) electrons. The topological polar surface area (TPSA) is 110 Å². The lowest BCUT2D eigenvalue weighted by Gasteiger charge is -2.15. The zero-order valence-corrected chi connectivity index (χ0v) is 13.7. The molecule has 9 heteroatoms. The maximum absolute atomic E-state index is 11.7. The average Bonchev–Trinajstić information content (AvgIpc) is 3.33. The van der Waals surface area contributed by atoms with Crippen molar-refractivity contribution in [1.29, 1.82) is 0 Å². The molecule has 4 heterocycles. The average molecular weight is 348 g/mol. The van der Waals surface area contributed by atoms with Gasteiger partial charge in [0, 0.05) is 6.42 Å². The molecule has 134 valence electrons. The van der Waals surface area contributed by atoms with Crippen LogP contribution in [0, 0.1) is 0 Å². The van der Waals surface area contributed by atoms with E-state index in [-0.39, 0.29) is 24.9 Å². The van der Waals surface area contributed by atoms with Crippen LogP contribution in [0.2, 0.25) is 0 Å². The van der Waals surface area contributed by atoms with Crippen molar-refractivity contribution in [3.05, 3.63) is 24.2 Å². The number of fused-ring (bicyclic) bond motifs is 1. The van der Waals surface area contributed by atoms with E-state index in [4.69, 9.17) is 24.7 Å². The Morgan fingerprint density at radius 2 is 2.28 bits per heavy atom. The molecule has 2 aromatic heterocycles. The summed E-state index contributed by atoms with van der Waals surface area (Å²) in [6, 6.07) is 3.81. The fourth-order valence-electron chi connectivity index (χ4n) is 3.20. The predicted octanol–water partition coefficient (Wildman–Crippen LogP) is 1.47. The van der Waals surface area contributed by atoms with E-state index in [1.54, 1.807) is 4.52 Å². The van der Waals surface area contributed by atoms with Gasteiger partial charge < -0.3 is 24.7 Å². The Labute approximate surface area is 144 Å². The van der Waals surface area contributed by atoms with E-state index in [9.17, 15) is 4.79 Å². The normalized spacial score (nSPS) is 26.2. The number of carbonyl (C=O) groups is 1. The van der Waals surface area contributed by atoms with E-state index in [0.717, 1.165) is 24.1 Å². The summed E-state index contributed by atoms with van der Waals surface area (Å²) in [7, 11) is 0. The summed E-state index contributed by atoms with van der Waals surface area (Å²) >= 11 is 0. The first-order chi connectivity index (χ1) is 12.2. The van der Waals surface area contributed by atoms with Crippen LogP contribution >= 0.6 is 0 Å². The van der Waals surface area contributed by atoms with E-state index in [1.165, 1.54) is 6.33 Å². The molecule has 0 aromatic carbocycles. The number of nitrogens with two attached hydrogens (primary N) is 1. The van der Waals surface area contributed by atoms with Gasteiger partial charge in [-0.1, -0.05) is 0 Å². The highest BCUT2D eigenvalue weighted by Gasteiger charge is 2.30. The molecule has 0 spiro atoms. The lowest BCUT2D eigenvalue weighted by atomic mass is 10.1. The maximum Gasteiger partial charge on any atom is 0.508 e. The monoisotopic (exact) mass is 348 g/mol. The minimum atomic E-state index is -0.670. The van der Waals surface area contributed by atoms with Crippen molar-refractivity contribution in [1.82, 2.24) is 14.6 Å². The number of rotatable bonds is 4. The standard InChI is InChI=1S/C16H20N4O5/c17-15-13-3-2-12(20(13)19-9-18-15)14-4-1-10(24-14)8-23-16(21)25-11-5-6-22-7-11/h2-3,9-11,14H,1,4-8H2,(H2,17,18,19). The van der Waals surface area contributed by atoms with Gasteiger partial charge in [-0.25, -0.2) is 14.3 Å². The predicted molar refractivity (Wildman–Crippen MR) is 85.9 cm³/mol. The number of carbonyl (C=O) groups excluding carboxylic acids is 1. The molecule has 2 aliphatic heterocycles. The number of ether oxygens (including phenoxy) is 4. The zero-order valence-electron chi connectivity index (χ0n) is 13.7. The van der Waals surface area contributed by atoms with Crippen molar-refractivity contribution in [2.75, 3.05) is 25.6 Å². The molecule has 2 saturated heterocycles. The fraction of sp³-hybridized carbons (Fsp3) is 0.562. The first-order valence-electron chi connectivity index (χ1n) is 8.35. The van der Waals surface area contributed by atoms with Crippen molar-refractivity contribution in [2.24, 2.45) is 0 Å². The molecular formula is C16H20N4O5. The maximum atomic E-state index is 11.7. The Morgan fingerprint density at radius 1 is 1.36 bits per heavy atom. The molecule has 25 heavy (non-hydrogen) atoms. The summed E-state index contributed by atoms with van der Waals surface area (Å²) in [6.07, 6.45) is 2.58. The minimum Gasteiger partial charge on any atom is -0.432 e. The molecule has 0 saturated carbocycles. The number of hydrogen-bond donors (Lipinski definition) is 1. The van der Waals surface area contributed by atoms with E-state index in [0.29, 0.717) is 25.5 Å². The lowest BCUT2D eigenvalue weighted by Crippen LogP contribution is -2.23. The summed E-state index contributed by atoms with van der Waals surface area (Å²) < 4.78 is 23.2. The van der Waals surface area contributed by atoms with Crippen molar-refractivity contribution in [3.8, 4) is 0 Å². The molecule has 0 aliphatic carbocycles. The van der Waals surface area contributed by atoms with Crippen molar-refractivity contribution in [2.45, 2.75) is 37.6 Å². The Morgan fingerprint density at radius 3 is 3.12 bits per heavy atom. The van der Waals surface area contributed by atoms with Gasteiger partial charge in [-0.05, 0) is 25.0 Å². The van der Waals surface area contributed by atoms with Crippen LogP contribution in [-0.4, -0.2) is 52.8 Å². The first kappa shape index (κ1) is 16.1. The third-order valence-corrected chi connectivity index (χ3v) is 4.49. The van der Waals surface area contributed by atoms with E-state index >= 15 is 0 Å². The van der Waals surface area contributed by atoms with Crippen LogP contribution in [-0.2, 0) is 18.9 Å². The van der Waals surface area contributed by atoms with E-state index in [2.05, 4.69) is 10.1 Å². The summed E-state index contributed by atoms with van der Waals surface area (Å²) in [6.45, 7) is 1.22. The molecule has 2 N–H and O–H groups in total. The summed E-state index contributed by atoms with van der Waals surface area (Å²) in [5.41, 5.74) is 7.52. The lowest BCUT2D eigenvalue weighted by molar-refractivity contribution is -0.0280. The minimum absolute atomic E-state index is 0.121. The molecule has 3 unspecified atom stereocenters. The van der Waals surface area contributed by atoms with Gasteiger partial charge in [0.25, 0.3) is 0 Å². The zero-order chi connectivity index (χ0) is 17.2. The van der Waals surface area contributed by atoms with Gasteiger partial charge in [0.15, 0.2) is 5.82 Å². The Kier molecular flexibility index (Phi) is 4.41. The Hall–Kier alpha value is -2.39. The quantitative estimate of drug-likeness (QED) is 0.827. The molecule has 0 bridgehead atoms. The molecule has 2 aromatic rings. The number of aromatic nitrogens is 3. The molecule has 4 rings (SSSR count). The molecule has 0 amide bonds. The smallest absolute Gasteiger partial charge is 0.432 e. The molecule has 2 aliphatic rings. The third kappa shape index (κ3) is 3.38. The second-order valence-corrected chi connectivity index (χ2v) is 6.19. The van der Waals surface area contributed by atoms with Gasteiger partial charge in [0.1, 0.15) is 30.7 Å². The van der Waals surface area contributed by atoms with Crippen molar-refractivity contribution >= 4 is 17.5 Å². The number of nitrogen functional groups attached to an aromatic ring is 1. The second kappa shape index (κ2) is 6.85. The van der Waals surface area contributed by atoms with Crippen LogP contribution in [0.15, 0.2) is 18.5 Å². The van der Waals surface area contributed by atoms with Crippen LogP contribution < -0.4 is 5.73 Å². The van der Waals surface area contributed by atoms with Crippen molar-refractivity contribution in [3.63, 3.8) is 0 Å². The summed E-state index contributed by atoms with van der Waals surface area (Å²) in [4.78, 5) is 15.7. The Balaban J connectivity index is 1.32. The number of hydrogen-bond acceptors (Lipinski definition) is 8. The fourth-order valence-corrected chi connectivity index (χ4v) is 3.20. The largest absolute Gasteiger partial charge is 0.508 e. The number of nitrogens with zero attached hydrogens (tertiary/aromatic N) is 3. The van der Waals surface area contributed by atoms with Crippen LogP contribution in [0.4, 0.5) is 10.6 Å². The second-order valence-electron chi connectivity index (χ2n) is 6.19. The summed E-state index contributed by atoms with van der Waals surface area (Å²) in [5.74, 6) is 0.428. The molecule has 3 atom stereocenters. The van der Waals surface area contributed by atoms with Gasteiger partial charge in [-0.3, -0.25) is 0 Å². The van der Waals surface area contributed by atoms with Crippen LogP contribution in [0.5, 0.6) is 0 Å². The SMILES string of the molecule is Nc1ncnn2c(C3CCC(COC(=O)OC4CCOC4)O3)ccc12. The number of anilines is 1. The highest BCUT2D eigenvalue weighted by atomic mass is 16.7. The highest BCUT2D eigenvalue weighted by Crippen LogP contribution is 2.34. The van der Waals surface area contributed by atoms with Crippen molar-refractivity contribution < 1.29 is 23.7 Å². The van der Waals surface area contributed by atoms with E-state index < -0.39 is 6.16 Å². The van der Waals surface area contributed by atoms with Crippen LogP contribution in [0.3, 0.4) is 0 Å². The van der Waals surface area contributed by atoms with Gasteiger partial charge in [0.2, 0.25) is 0 Å². The van der Waals surface area contributed by atoms with Gasteiger partial charge in [0.05, 0.1) is 25.0 Å². The molecule has 9 nitrogen and oxygen atoms in total.